The highest BCUT2D eigenvalue weighted by Crippen LogP contribution is 2.19. The van der Waals surface area contributed by atoms with E-state index in [2.05, 4.69) is 4.98 Å². The van der Waals surface area contributed by atoms with Crippen LogP contribution in [0.3, 0.4) is 0 Å². The lowest BCUT2D eigenvalue weighted by Gasteiger charge is -2.17. The summed E-state index contributed by atoms with van der Waals surface area (Å²) in [5.41, 5.74) is 0.778. The molecule has 0 radical (unpaired) electrons. The van der Waals surface area contributed by atoms with Crippen LogP contribution in [0.1, 0.15) is 12.0 Å². The van der Waals surface area contributed by atoms with Gasteiger partial charge in [-0.25, -0.2) is 9.37 Å². The number of carbonyl (C=O) groups excluding carboxylic acids is 1. The molecule has 25 heavy (non-hydrogen) atoms. The Kier molecular flexibility index (Phi) is 5.45. The fourth-order valence-electron chi connectivity index (χ4n) is 2.59. The zero-order valence-corrected chi connectivity index (χ0v) is 13.6. The van der Waals surface area contributed by atoms with E-state index in [1.165, 1.54) is 18.3 Å². The van der Waals surface area contributed by atoms with Crippen molar-refractivity contribution in [2.75, 3.05) is 19.7 Å². The number of hydrogen-bond donors (Lipinski definition) is 1. The van der Waals surface area contributed by atoms with Gasteiger partial charge in [0.2, 0.25) is 0 Å². The minimum atomic E-state index is -0.512. The molecule has 0 bridgehead atoms. The predicted octanol–water partition coefficient (Wildman–Crippen LogP) is 1.77. The summed E-state index contributed by atoms with van der Waals surface area (Å²) in [6.07, 6.45) is 1.80. The first-order valence-electron chi connectivity index (χ1n) is 8.03. The van der Waals surface area contributed by atoms with Gasteiger partial charge in [0.05, 0.1) is 13.2 Å². The molecule has 0 spiro atoms. The van der Waals surface area contributed by atoms with E-state index in [4.69, 9.17) is 14.6 Å². The van der Waals surface area contributed by atoms with E-state index in [1.807, 2.05) is 0 Å². The zero-order valence-electron chi connectivity index (χ0n) is 13.6. The van der Waals surface area contributed by atoms with Gasteiger partial charge in [-0.15, -0.1) is 0 Å². The minimum Gasteiger partial charge on any atom is -0.484 e. The lowest BCUT2D eigenvalue weighted by atomic mass is 10.2. The van der Waals surface area contributed by atoms with Gasteiger partial charge in [0.15, 0.2) is 12.4 Å². The molecule has 0 saturated carbocycles. The summed E-state index contributed by atoms with van der Waals surface area (Å²) in [5.74, 6) is -0.143. The fraction of sp³-hybridized carbons (Fsp3) is 0.333. The molecule has 1 N–H and O–H groups in total. The number of aliphatic hydroxyl groups excluding tert-OH is 1. The maximum absolute atomic E-state index is 13.6. The van der Waals surface area contributed by atoms with Crippen molar-refractivity contribution in [3.63, 3.8) is 0 Å². The molecule has 7 heteroatoms. The predicted molar refractivity (Wildman–Crippen MR) is 87.7 cm³/mol. The first kappa shape index (κ1) is 17.2. The van der Waals surface area contributed by atoms with Crippen LogP contribution in [-0.2, 0) is 11.4 Å². The number of hydrogen-bond acceptors (Lipinski definition) is 5. The molecule has 132 valence electrons. The molecule has 1 fully saturated rings. The van der Waals surface area contributed by atoms with Gasteiger partial charge in [-0.2, -0.15) is 0 Å². The van der Waals surface area contributed by atoms with E-state index in [0.29, 0.717) is 25.3 Å². The van der Waals surface area contributed by atoms with Gasteiger partial charge in [0, 0.05) is 19.2 Å². The van der Waals surface area contributed by atoms with E-state index >= 15 is 0 Å². The van der Waals surface area contributed by atoms with E-state index in [9.17, 15) is 9.18 Å². The van der Waals surface area contributed by atoms with Crippen molar-refractivity contribution in [3.05, 3.63) is 54.0 Å². The second-order valence-electron chi connectivity index (χ2n) is 5.75. The molecule has 1 aliphatic rings. The number of pyridine rings is 1. The summed E-state index contributed by atoms with van der Waals surface area (Å²) in [6.45, 7) is 0.792. The van der Waals surface area contributed by atoms with Crippen molar-refractivity contribution in [1.29, 1.82) is 0 Å². The summed E-state index contributed by atoms with van der Waals surface area (Å²) < 4.78 is 24.6. The summed E-state index contributed by atoms with van der Waals surface area (Å²) in [5, 5.41) is 9.00. The molecule has 1 aromatic heterocycles. The highest BCUT2D eigenvalue weighted by molar-refractivity contribution is 5.78. The third-order valence-electron chi connectivity index (χ3n) is 3.97. The van der Waals surface area contributed by atoms with E-state index < -0.39 is 5.82 Å². The summed E-state index contributed by atoms with van der Waals surface area (Å²) in [7, 11) is 0. The quantitative estimate of drug-likeness (QED) is 0.863. The normalized spacial score (nSPS) is 16.7. The Hall–Kier alpha value is -2.67. The number of nitrogens with zero attached hydrogens (tertiary/aromatic N) is 2. The van der Waals surface area contributed by atoms with Crippen LogP contribution in [0.25, 0.3) is 0 Å². The Morgan fingerprint density at radius 1 is 1.32 bits per heavy atom. The maximum atomic E-state index is 13.6. The van der Waals surface area contributed by atoms with Crippen LogP contribution in [-0.4, -0.2) is 46.7 Å². The Balaban J connectivity index is 1.48. The number of benzene rings is 1. The van der Waals surface area contributed by atoms with Crippen LogP contribution in [0, 0.1) is 5.82 Å². The maximum Gasteiger partial charge on any atom is 0.260 e. The number of carbonyl (C=O) groups is 1. The Bertz CT molecular complexity index is 723. The Morgan fingerprint density at radius 3 is 2.84 bits per heavy atom. The molecule has 1 aromatic carbocycles. The van der Waals surface area contributed by atoms with Gasteiger partial charge in [-0.3, -0.25) is 4.79 Å². The fourth-order valence-corrected chi connectivity index (χ4v) is 2.59. The number of aliphatic hydroxyl groups is 1. The third kappa shape index (κ3) is 4.45. The topological polar surface area (TPSA) is 71.9 Å². The summed E-state index contributed by atoms with van der Waals surface area (Å²) in [6, 6.07) is 9.67. The number of halogens is 1. The Morgan fingerprint density at radius 2 is 2.12 bits per heavy atom. The lowest BCUT2D eigenvalue weighted by molar-refractivity contribution is -0.132. The van der Waals surface area contributed by atoms with Crippen molar-refractivity contribution in [2.24, 2.45) is 0 Å². The highest BCUT2D eigenvalue weighted by Gasteiger charge is 2.28. The lowest BCUT2D eigenvalue weighted by Crippen LogP contribution is -2.34. The SMILES string of the molecule is O=C(COc1ccc(CO)cc1)N1CCC(Oc2ncccc2F)C1. The number of amides is 1. The van der Waals surface area contributed by atoms with Crippen molar-refractivity contribution in [1.82, 2.24) is 9.88 Å². The highest BCUT2D eigenvalue weighted by atomic mass is 19.1. The average molecular weight is 346 g/mol. The van der Waals surface area contributed by atoms with Gasteiger partial charge in [0.1, 0.15) is 11.9 Å². The molecule has 3 rings (SSSR count). The first-order chi connectivity index (χ1) is 12.2. The van der Waals surface area contributed by atoms with Crippen LogP contribution >= 0.6 is 0 Å². The summed E-state index contributed by atoms with van der Waals surface area (Å²) >= 11 is 0. The summed E-state index contributed by atoms with van der Waals surface area (Å²) in [4.78, 5) is 17.7. The standard InChI is InChI=1S/C18H19FN2O4/c19-16-2-1-8-20-18(16)25-15-7-9-21(10-15)17(23)12-24-14-5-3-13(11-22)4-6-14/h1-6,8,15,22H,7,9-12H2. The van der Waals surface area contributed by atoms with Crippen molar-refractivity contribution in [2.45, 2.75) is 19.1 Å². The zero-order chi connectivity index (χ0) is 17.6. The first-order valence-corrected chi connectivity index (χ1v) is 8.03. The van der Waals surface area contributed by atoms with Crippen molar-refractivity contribution < 1.29 is 23.8 Å². The molecular formula is C18H19FN2O4. The largest absolute Gasteiger partial charge is 0.484 e. The van der Waals surface area contributed by atoms with Gasteiger partial charge in [-0.05, 0) is 29.8 Å². The Labute approximate surface area is 144 Å². The third-order valence-corrected chi connectivity index (χ3v) is 3.97. The smallest absolute Gasteiger partial charge is 0.260 e. The van der Waals surface area contributed by atoms with Crippen LogP contribution in [0.5, 0.6) is 11.6 Å². The van der Waals surface area contributed by atoms with Gasteiger partial charge in [-0.1, -0.05) is 12.1 Å². The molecule has 1 saturated heterocycles. The molecule has 2 heterocycles. The van der Waals surface area contributed by atoms with Gasteiger partial charge >= 0.3 is 0 Å². The molecule has 1 atom stereocenters. The second-order valence-corrected chi connectivity index (χ2v) is 5.75. The number of rotatable bonds is 6. The number of aromatic nitrogens is 1. The molecule has 1 amide bonds. The minimum absolute atomic E-state index is 0.0365. The van der Waals surface area contributed by atoms with Gasteiger partial charge < -0.3 is 19.5 Å². The monoisotopic (exact) mass is 346 g/mol. The van der Waals surface area contributed by atoms with Crippen LogP contribution < -0.4 is 9.47 Å². The molecule has 6 nitrogen and oxygen atoms in total. The molecule has 0 aliphatic carbocycles. The van der Waals surface area contributed by atoms with E-state index in [0.717, 1.165) is 5.56 Å². The van der Waals surface area contributed by atoms with Crippen LogP contribution in [0.15, 0.2) is 42.6 Å². The van der Waals surface area contributed by atoms with Crippen molar-refractivity contribution >= 4 is 5.91 Å². The second kappa shape index (κ2) is 7.94. The van der Waals surface area contributed by atoms with Crippen molar-refractivity contribution in [3.8, 4) is 11.6 Å². The number of likely N-dealkylation sites (tertiary alicyclic amines) is 1. The van der Waals surface area contributed by atoms with Crippen LogP contribution in [0.2, 0.25) is 0 Å². The molecular weight excluding hydrogens is 327 g/mol. The average Bonchev–Trinajstić information content (AvgIpc) is 3.11. The van der Waals surface area contributed by atoms with E-state index in [1.54, 1.807) is 29.2 Å². The number of ether oxygens (including phenoxy) is 2. The molecule has 2 aromatic rings. The molecule has 1 aliphatic heterocycles. The van der Waals surface area contributed by atoms with Crippen LogP contribution in [0.4, 0.5) is 4.39 Å². The van der Waals surface area contributed by atoms with E-state index in [-0.39, 0.29) is 31.1 Å². The molecule has 1 unspecified atom stereocenters. The van der Waals surface area contributed by atoms with Gasteiger partial charge in [0.25, 0.3) is 11.8 Å².